The summed E-state index contributed by atoms with van der Waals surface area (Å²) in [6, 6.07) is 4.21. The molecule has 1 heterocycles. The van der Waals surface area contributed by atoms with Crippen molar-refractivity contribution in [2.24, 2.45) is 0 Å². The van der Waals surface area contributed by atoms with Gasteiger partial charge < -0.3 is 10.6 Å². The van der Waals surface area contributed by atoms with Crippen molar-refractivity contribution in [3.8, 4) is 0 Å². The molecule has 1 aliphatic rings. The normalized spacial score (nSPS) is 17.5. The highest BCUT2D eigenvalue weighted by Crippen LogP contribution is 2.25. The number of carbonyl (C=O) groups excluding carboxylic acids is 2. The number of nitro groups is 1. The number of aryl methyl sites for hydroxylation is 1. The Hall–Kier alpha value is -2.00. The largest absolute Gasteiger partial charge is 0.326 e. The fourth-order valence-electron chi connectivity index (χ4n) is 1.76. The van der Waals surface area contributed by atoms with Crippen LogP contribution in [0.4, 0.5) is 11.4 Å². The lowest BCUT2D eigenvalue weighted by molar-refractivity contribution is -0.384. The van der Waals surface area contributed by atoms with E-state index in [2.05, 4.69) is 10.6 Å². The van der Waals surface area contributed by atoms with Crippen molar-refractivity contribution in [1.82, 2.24) is 5.32 Å². The number of anilines is 1. The predicted molar refractivity (Wildman–Crippen MR) is 83.2 cm³/mol. The molecule has 1 atom stereocenters. The molecule has 2 N–H and O–H groups in total. The number of hydrogen-bond acceptors (Lipinski definition) is 6. The quantitative estimate of drug-likeness (QED) is 0.497. The van der Waals surface area contributed by atoms with Crippen LogP contribution in [0.25, 0.3) is 0 Å². The minimum atomic E-state index is -0.559. The van der Waals surface area contributed by atoms with Crippen LogP contribution in [-0.4, -0.2) is 26.3 Å². The summed E-state index contributed by atoms with van der Waals surface area (Å²) in [5.74, 6) is -0.688. The molecule has 9 heteroatoms. The number of benzene rings is 1. The lowest BCUT2D eigenvalue weighted by Gasteiger charge is -2.09. The summed E-state index contributed by atoms with van der Waals surface area (Å²) >= 11 is 5.97. The average Bonchev–Trinajstić information content (AvgIpc) is 2.70. The van der Waals surface area contributed by atoms with E-state index in [1.165, 1.54) is 12.1 Å². The number of non-ortho nitro benzene ring substituents is 1. The zero-order valence-corrected chi connectivity index (χ0v) is 12.5. The zero-order valence-electron chi connectivity index (χ0n) is 10.9. The predicted octanol–water partition coefficient (Wildman–Crippen LogP) is 1.75. The molecule has 1 fully saturated rings. The highest BCUT2D eigenvalue weighted by molar-refractivity contribution is 8.24. The standard InChI is InChI=1S/C12H11N3O4S2/c1-6-2-3-7(15(18)19)4-8(6)13-10(16)5-9-11(17)14-12(20)21-9/h2-4,9H,5H2,1H3,(H,13,16)(H,14,17,20)/t9-/m1/s1. The molecule has 1 aliphatic heterocycles. The third-order valence-corrected chi connectivity index (χ3v) is 4.22. The van der Waals surface area contributed by atoms with Gasteiger partial charge in [0.1, 0.15) is 4.32 Å². The number of nitrogens with one attached hydrogen (secondary N) is 2. The maximum atomic E-state index is 11.9. The summed E-state index contributed by atoms with van der Waals surface area (Å²) in [5.41, 5.74) is 0.957. The number of hydrogen-bond donors (Lipinski definition) is 2. The Morgan fingerprint density at radius 3 is 2.86 bits per heavy atom. The number of thioether (sulfide) groups is 1. The van der Waals surface area contributed by atoms with Gasteiger partial charge in [-0.3, -0.25) is 19.7 Å². The van der Waals surface area contributed by atoms with Crippen molar-refractivity contribution < 1.29 is 14.5 Å². The Kier molecular flexibility index (Phi) is 4.53. The van der Waals surface area contributed by atoms with E-state index in [-0.39, 0.29) is 18.0 Å². The second-order valence-electron chi connectivity index (χ2n) is 4.39. The number of thiocarbonyl (C=S) groups is 1. The van der Waals surface area contributed by atoms with Gasteiger partial charge in [-0.25, -0.2) is 0 Å². The second-order valence-corrected chi connectivity index (χ2v) is 6.27. The zero-order chi connectivity index (χ0) is 15.6. The van der Waals surface area contributed by atoms with Crippen molar-refractivity contribution >= 4 is 51.5 Å². The highest BCUT2D eigenvalue weighted by atomic mass is 32.2. The van der Waals surface area contributed by atoms with Gasteiger partial charge in [0.25, 0.3) is 5.69 Å². The Morgan fingerprint density at radius 2 is 2.29 bits per heavy atom. The maximum absolute atomic E-state index is 11.9. The Balaban J connectivity index is 2.06. The number of nitrogens with zero attached hydrogens (tertiary/aromatic N) is 1. The van der Waals surface area contributed by atoms with Crippen LogP contribution < -0.4 is 10.6 Å². The van der Waals surface area contributed by atoms with Crippen molar-refractivity contribution in [3.05, 3.63) is 33.9 Å². The van der Waals surface area contributed by atoms with Gasteiger partial charge in [0.15, 0.2) is 0 Å². The van der Waals surface area contributed by atoms with E-state index in [0.717, 1.165) is 11.8 Å². The summed E-state index contributed by atoms with van der Waals surface area (Å²) in [6.07, 6.45) is -0.0429. The topological polar surface area (TPSA) is 101 Å². The van der Waals surface area contributed by atoms with Gasteiger partial charge in [0, 0.05) is 18.6 Å². The first-order valence-electron chi connectivity index (χ1n) is 5.93. The molecule has 7 nitrogen and oxygen atoms in total. The number of carbonyl (C=O) groups is 2. The first-order chi connectivity index (χ1) is 9.86. The Labute approximate surface area is 129 Å². The average molecular weight is 325 g/mol. The van der Waals surface area contributed by atoms with Gasteiger partial charge in [-0.1, -0.05) is 30.0 Å². The van der Waals surface area contributed by atoms with E-state index in [1.54, 1.807) is 13.0 Å². The molecule has 0 bridgehead atoms. The lowest BCUT2D eigenvalue weighted by atomic mass is 10.1. The molecule has 0 radical (unpaired) electrons. The summed E-state index contributed by atoms with van der Waals surface area (Å²) < 4.78 is 0.351. The van der Waals surface area contributed by atoms with Gasteiger partial charge in [0.2, 0.25) is 11.8 Å². The van der Waals surface area contributed by atoms with Crippen LogP contribution >= 0.6 is 24.0 Å². The highest BCUT2D eigenvalue weighted by Gasteiger charge is 2.31. The summed E-state index contributed by atoms with van der Waals surface area (Å²) in [6.45, 7) is 1.73. The maximum Gasteiger partial charge on any atom is 0.271 e. The van der Waals surface area contributed by atoms with Crippen molar-refractivity contribution in [2.75, 3.05) is 5.32 Å². The Bertz CT molecular complexity index is 647. The van der Waals surface area contributed by atoms with E-state index >= 15 is 0 Å². The molecule has 2 amide bonds. The Morgan fingerprint density at radius 1 is 1.57 bits per heavy atom. The molecule has 21 heavy (non-hydrogen) atoms. The van der Waals surface area contributed by atoms with E-state index in [0.29, 0.717) is 15.6 Å². The summed E-state index contributed by atoms with van der Waals surface area (Å²) in [5, 5.41) is 15.2. The van der Waals surface area contributed by atoms with E-state index < -0.39 is 16.1 Å². The van der Waals surface area contributed by atoms with Gasteiger partial charge in [-0.2, -0.15) is 0 Å². The fraction of sp³-hybridized carbons (Fsp3) is 0.250. The van der Waals surface area contributed by atoms with Gasteiger partial charge in [-0.05, 0) is 12.5 Å². The molecule has 1 aromatic carbocycles. The van der Waals surface area contributed by atoms with E-state index in [4.69, 9.17) is 12.2 Å². The third-order valence-electron chi connectivity index (χ3n) is 2.84. The minimum Gasteiger partial charge on any atom is -0.326 e. The van der Waals surface area contributed by atoms with Gasteiger partial charge in [0.05, 0.1) is 15.9 Å². The van der Waals surface area contributed by atoms with Crippen molar-refractivity contribution in [2.45, 2.75) is 18.6 Å². The number of nitro benzene ring substituents is 1. The van der Waals surface area contributed by atoms with Gasteiger partial charge in [-0.15, -0.1) is 0 Å². The molecule has 1 aromatic rings. The number of amides is 2. The minimum absolute atomic E-state index is 0.0429. The van der Waals surface area contributed by atoms with Crippen LogP contribution in [0, 0.1) is 17.0 Å². The molecule has 2 rings (SSSR count). The monoisotopic (exact) mass is 325 g/mol. The summed E-state index contributed by atoms with van der Waals surface area (Å²) in [7, 11) is 0. The first kappa shape index (κ1) is 15.4. The molecular weight excluding hydrogens is 314 g/mol. The van der Waals surface area contributed by atoms with Crippen LogP contribution in [0.5, 0.6) is 0 Å². The van der Waals surface area contributed by atoms with Crippen LogP contribution in [0.3, 0.4) is 0 Å². The lowest BCUT2D eigenvalue weighted by Crippen LogP contribution is -2.27. The van der Waals surface area contributed by atoms with Crippen LogP contribution in [0.2, 0.25) is 0 Å². The number of rotatable bonds is 4. The smallest absolute Gasteiger partial charge is 0.271 e. The third kappa shape index (κ3) is 3.76. The molecule has 0 aromatic heterocycles. The second kappa shape index (κ2) is 6.19. The van der Waals surface area contributed by atoms with E-state index in [1.807, 2.05) is 0 Å². The van der Waals surface area contributed by atoms with Crippen LogP contribution in [0.1, 0.15) is 12.0 Å². The van der Waals surface area contributed by atoms with Crippen molar-refractivity contribution in [3.63, 3.8) is 0 Å². The van der Waals surface area contributed by atoms with E-state index in [9.17, 15) is 19.7 Å². The molecule has 1 saturated heterocycles. The molecular formula is C12H11N3O4S2. The van der Waals surface area contributed by atoms with Crippen LogP contribution in [-0.2, 0) is 9.59 Å². The molecule has 0 spiro atoms. The molecule has 0 unspecified atom stereocenters. The SMILES string of the molecule is Cc1ccc([N+](=O)[O-])cc1NC(=O)C[C@H]1SC(=S)NC1=O. The van der Waals surface area contributed by atoms with Crippen LogP contribution in [0.15, 0.2) is 18.2 Å². The molecule has 110 valence electrons. The van der Waals surface area contributed by atoms with Gasteiger partial charge >= 0.3 is 0 Å². The van der Waals surface area contributed by atoms with Crippen molar-refractivity contribution in [1.29, 1.82) is 0 Å². The first-order valence-corrected chi connectivity index (χ1v) is 7.22. The molecule has 0 aliphatic carbocycles. The fourth-order valence-corrected chi connectivity index (χ4v) is 3.02. The molecule has 0 saturated carbocycles. The summed E-state index contributed by atoms with van der Waals surface area (Å²) in [4.78, 5) is 33.6.